The molecule has 0 spiro atoms. The number of carbonyl (C=O) groups excluding carboxylic acids is 1. The minimum Gasteiger partial charge on any atom is -0.497 e. The lowest BCUT2D eigenvalue weighted by Gasteiger charge is -2.10. The van der Waals surface area contributed by atoms with E-state index >= 15 is 0 Å². The van der Waals surface area contributed by atoms with Crippen LogP contribution in [0.15, 0.2) is 18.2 Å². The van der Waals surface area contributed by atoms with E-state index in [1.165, 1.54) is 11.3 Å². The molecule has 0 bridgehead atoms. The van der Waals surface area contributed by atoms with Gasteiger partial charge < -0.3 is 14.8 Å². The maximum atomic E-state index is 12.2. The van der Waals surface area contributed by atoms with Crippen LogP contribution in [-0.4, -0.2) is 30.3 Å². The number of rotatable bonds is 6. The SMILES string of the molecule is COc1ccc(OC)c(CC(=O)Nc2nnc(C(C)C)s2)c1. The molecule has 0 saturated heterocycles. The van der Waals surface area contributed by atoms with Gasteiger partial charge in [-0.1, -0.05) is 25.2 Å². The molecule has 1 heterocycles. The molecule has 2 aromatic rings. The number of nitrogens with zero attached hydrogens (tertiary/aromatic N) is 2. The van der Waals surface area contributed by atoms with Crippen molar-refractivity contribution in [1.29, 1.82) is 0 Å². The van der Waals surface area contributed by atoms with Gasteiger partial charge >= 0.3 is 0 Å². The lowest BCUT2D eigenvalue weighted by molar-refractivity contribution is -0.115. The molecule has 0 radical (unpaired) electrons. The van der Waals surface area contributed by atoms with Crippen LogP contribution in [-0.2, 0) is 11.2 Å². The molecule has 0 fully saturated rings. The molecule has 0 atom stereocenters. The van der Waals surface area contributed by atoms with Crippen molar-refractivity contribution in [3.63, 3.8) is 0 Å². The number of anilines is 1. The minimum absolute atomic E-state index is 0.169. The van der Waals surface area contributed by atoms with E-state index in [2.05, 4.69) is 15.5 Å². The third-order valence-corrected chi connectivity index (χ3v) is 4.16. The topological polar surface area (TPSA) is 73.3 Å². The number of hydrogen-bond acceptors (Lipinski definition) is 6. The predicted octanol–water partition coefficient (Wildman–Crippen LogP) is 2.86. The Morgan fingerprint density at radius 2 is 2.05 bits per heavy atom. The van der Waals surface area contributed by atoms with Crippen LogP contribution in [0.3, 0.4) is 0 Å². The molecule has 6 nitrogen and oxygen atoms in total. The van der Waals surface area contributed by atoms with Crippen molar-refractivity contribution in [1.82, 2.24) is 10.2 Å². The molecule has 118 valence electrons. The molecule has 1 aromatic heterocycles. The Morgan fingerprint density at radius 3 is 2.64 bits per heavy atom. The molecule has 22 heavy (non-hydrogen) atoms. The van der Waals surface area contributed by atoms with Gasteiger partial charge in [0, 0.05) is 11.5 Å². The van der Waals surface area contributed by atoms with Gasteiger partial charge in [-0.3, -0.25) is 4.79 Å². The van der Waals surface area contributed by atoms with Gasteiger partial charge in [0.05, 0.1) is 20.6 Å². The molecule has 2 rings (SSSR count). The fourth-order valence-electron chi connectivity index (χ4n) is 1.87. The summed E-state index contributed by atoms with van der Waals surface area (Å²) < 4.78 is 10.4. The van der Waals surface area contributed by atoms with Crippen LogP contribution in [0.4, 0.5) is 5.13 Å². The Labute approximate surface area is 133 Å². The summed E-state index contributed by atoms with van der Waals surface area (Å²) in [5.74, 6) is 1.46. The highest BCUT2D eigenvalue weighted by molar-refractivity contribution is 7.15. The zero-order valence-corrected chi connectivity index (χ0v) is 13.9. The van der Waals surface area contributed by atoms with Crippen molar-refractivity contribution >= 4 is 22.4 Å². The number of benzene rings is 1. The Hall–Kier alpha value is -2.15. The second kappa shape index (κ2) is 7.22. The number of aromatic nitrogens is 2. The van der Waals surface area contributed by atoms with E-state index in [0.717, 1.165) is 10.6 Å². The molecule has 1 N–H and O–H groups in total. The van der Waals surface area contributed by atoms with Gasteiger partial charge in [0.1, 0.15) is 16.5 Å². The molecule has 0 unspecified atom stereocenters. The van der Waals surface area contributed by atoms with Crippen molar-refractivity contribution in [2.75, 3.05) is 19.5 Å². The zero-order chi connectivity index (χ0) is 16.1. The molecular formula is C15H19N3O3S. The maximum Gasteiger partial charge on any atom is 0.230 e. The number of nitrogens with one attached hydrogen (secondary N) is 1. The number of carbonyl (C=O) groups is 1. The second-order valence-electron chi connectivity index (χ2n) is 5.00. The highest BCUT2D eigenvalue weighted by Gasteiger charge is 2.13. The standard InChI is InChI=1S/C15H19N3O3S/c1-9(2)14-17-18-15(22-14)16-13(19)8-10-7-11(20-3)5-6-12(10)21-4/h5-7,9H,8H2,1-4H3,(H,16,18,19). The highest BCUT2D eigenvalue weighted by atomic mass is 32.1. The third-order valence-electron chi connectivity index (χ3n) is 3.02. The van der Waals surface area contributed by atoms with Crippen molar-refractivity contribution in [3.05, 3.63) is 28.8 Å². The van der Waals surface area contributed by atoms with Crippen molar-refractivity contribution in [2.24, 2.45) is 0 Å². The largest absolute Gasteiger partial charge is 0.497 e. The molecule has 1 aromatic carbocycles. The summed E-state index contributed by atoms with van der Waals surface area (Å²) in [6.45, 7) is 4.07. The van der Waals surface area contributed by atoms with E-state index in [9.17, 15) is 4.79 Å². The highest BCUT2D eigenvalue weighted by Crippen LogP contribution is 2.26. The van der Waals surface area contributed by atoms with E-state index in [-0.39, 0.29) is 12.3 Å². The number of hydrogen-bond donors (Lipinski definition) is 1. The van der Waals surface area contributed by atoms with Crippen LogP contribution in [0.2, 0.25) is 0 Å². The Kier molecular flexibility index (Phi) is 5.32. The fraction of sp³-hybridized carbons (Fsp3) is 0.400. The van der Waals surface area contributed by atoms with Gasteiger partial charge in [-0.25, -0.2) is 0 Å². The quantitative estimate of drug-likeness (QED) is 0.885. The van der Waals surface area contributed by atoms with Gasteiger partial charge in [0.25, 0.3) is 0 Å². The van der Waals surface area contributed by atoms with E-state index in [4.69, 9.17) is 9.47 Å². The van der Waals surface area contributed by atoms with Gasteiger partial charge in [0.15, 0.2) is 0 Å². The summed E-state index contributed by atoms with van der Waals surface area (Å²) in [4.78, 5) is 12.2. The molecule has 0 aliphatic heterocycles. The van der Waals surface area contributed by atoms with Crippen LogP contribution in [0.25, 0.3) is 0 Å². The van der Waals surface area contributed by atoms with Crippen LogP contribution < -0.4 is 14.8 Å². The van der Waals surface area contributed by atoms with Crippen LogP contribution in [0, 0.1) is 0 Å². The molecule has 0 aliphatic rings. The van der Waals surface area contributed by atoms with Crippen LogP contribution in [0.5, 0.6) is 11.5 Å². The Balaban J connectivity index is 2.07. The first kappa shape index (κ1) is 16.2. The Morgan fingerprint density at radius 1 is 1.27 bits per heavy atom. The van der Waals surface area contributed by atoms with Gasteiger partial charge in [-0.2, -0.15) is 0 Å². The summed E-state index contributed by atoms with van der Waals surface area (Å²) >= 11 is 1.39. The van der Waals surface area contributed by atoms with Gasteiger partial charge in [-0.05, 0) is 18.2 Å². The lowest BCUT2D eigenvalue weighted by Crippen LogP contribution is -2.14. The van der Waals surface area contributed by atoms with Crippen LogP contribution >= 0.6 is 11.3 Å². The first-order chi connectivity index (χ1) is 10.5. The third kappa shape index (κ3) is 3.94. The normalized spacial score (nSPS) is 10.6. The second-order valence-corrected chi connectivity index (χ2v) is 6.01. The number of amides is 1. The summed E-state index contributed by atoms with van der Waals surface area (Å²) in [6, 6.07) is 5.36. The van der Waals surface area contributed by atoms with Crippen molar-refractivity contribution in [3.8, 4) is 11.5 Å². The summed E-state index contributed by atoms with van der Waals surface area (Å²) in [5, 5.41) is 12.2. The van der Waals surface area contributed by atoms with Crippen LogP contribution in [0.1, 0.15) is 30.3 Å². The van der Waals surface area contributed by atoms with Crippen molar-refractivity contribution < 1.29 is 14.3 Å². The zero-order valence-electron chi connectivity index (χ0n) is 13.0. The molecule has 0 saturated carbocycles. The van der Waals surface area contributed by atoms with E-state index in [0.29, 0.717) is 22.5 Å². The molecule has 0 aliphatic carbocycles. The first-order valence-electron chi connectivity index (χ1n) is 6.87. The summed E-state index contributed by atoms with van der Waals surface area (Å²) in [5.41, 5.74) is 0.757. The molecular weight excluding hydrogens is 302 g/mol. The molecule has 1 amide bonds. The average Bonchev–Trinajstić information content (AvgIpc) is 2.95. The number of ether oxygens (including phenoxy) is 2. The monoisotopic (exact) mass is 321 g/mol. The van der Waals surface area contributed by atoms with Gasteiger partial charge in [-0.15, -0.1) is 10.2 Å². The van der Waals surface area contributed by atoms with E-state index in [1.54, 1.807) is 32.4 Å². The van der Waals surface area contributed by atoms with Gasteiger partial charge in [0.2, 0.25) is 11.0 Å². The smallest absolute Gasteiger partial charge is 0.230 e. The lowest BCUT2D eigenvalue weighted by atomic mass is 10.1. The summed E-state index contributed by atoms with van der Waals surface area (Å²) in [6.07, 6.45) is 0.178. The number of methoxy groups -OCH3 is 2. The predicted molar refractivity (Wildman–Crippen MR) is 85.9 cm³/mol. The minimum atomic E-state index is -0.169. The summed E-state index contributed by atoms with van der Waals surface area (Å²) in [7, 11) is 3.16. The fourth-order valence-corrected chi connectivity index (χ4v) is 2.64. The Bertz CT molecular complexity index is 655. The first-order valence-corrected chi connectivity index (χ1v) is 7.69. The average molecular weight is 321 g/mol. The van der Waals surface area contributed by atoms with E-state index in [1.807, 2.05) is 13.8 Å². The van der Waals surface area contributed by atoms with E-state index < -0.39 is 0 Å². The molecule has 7 heteroatoms. The van der Waals surface area contributed by atoms with Crippen molar-refractivity contribution in [2.45, 2.75) is 26.2 Å². The maximum absolute atomic E-state index is 12.2.